The van der Waals surface area contributed by atoms with E-state index >= 15 is 0 Å². The zero-order valence-corrected chi connectivity index (χ0v) is 13.0. The minimum atomic E-state index is -0.634. The number of benzene rings is 2. The van der Waals surface area contributed by atoms with Crippen LogP contribution in [0.25, 0.3) is 10.8 Å². The van der Waals surface area contributed by atoms with Crippen LogP contribution in [-0.4, -0.2) is 22.7 Å². The second-order valence-corrected chi connectivity index (χ2v) is 7.93. The number of methoxy groups -OCH3 is 1. The largest absolute Gasteiger partial charge is 0.497 e. The normalized spacial score (nSPS) is 31.5. The fourth-order valence-corrected chi connectivity index (χ4v) is 5.63. The molecular weight excluding hydrogens is 280 g/mol. The highest BCUT2D eigenvalue weighted by molar-refractivity contribution is 8.00. The predicted octanol–water partition coefficient (Wildman–Crippen LogP) is 4.09. The molecule has 21 heavy (non-hydrogen) atoms. The number of rotatable bonds is 2. The van der Waals surface area contributed by atoms with Crippen molar-refractivity contribution in [2.24, 2.45) is 0 Å². The van der Waals surface area contributed by atoms with Gasteiger partial charge in [-0.15, -0.1) is 0 Å². The Kier molecular flexibility index (Phi) is 3.16. The van der Waals surface area contributed by atoms with Crippen LogP contribution in [0.5, 0.6) is 5.75 Å². The molecule has 0 radical (unpaired) electrons. The molecule has 2 atom stereocenters. The summed E-state index contributed by atoms with van der Waals surface area (Å²) in [5, 5.41) is 14.8. The van der Waals surface area contributed by atoms with Gasteiger partial charge in [0, 0.05) is 10.5 Å². The molecule has 2 fully saturated rings. The molecule has 2 unspecified atom stereocenters. The van der Waals surface area contributed by atoms with Crippen LogP contribution >= 0.6 is 11.8 Å². The molecule has 0 spiro atoms. The summed E-state index contributed by atoms with van der Waals surface area (Å²) >= 11 is 2.08. The van der Waals surface area contributed by atoms with Gasteiger partial charge in [-0.05, 0) is 60.2 Å². The minimum Gasteiger partial charge on any atom is -0.497 e. The van der Waals surface area contributed by atoms with E-state index in [0.717, 1.165) is 29.5 Å². The SMILES string of the molecule is COc1ccc2cc(C3(O)CC4CCC(C3)S4)ccc2c1. The number of ether oxygens (including phenoxy) is 1. The van der Waals surface area contributed by atoms with Gasteiger partial charge in [0.15, 0.2) is 0 Å². The molecule has 110 valence electrons. The van der Waals surface area contributed by atoms with Gasteiger partial charge in [0.05, 0.1) is 12.7 Å². The third kappa shape index (κ3) is 2.33. The van der Waals surface area contributed by atoms with E-state index in [4.69, 9.17) is 4.74 Å². The molecule has 2 heterocycles. The first-order chi connectivity index (χ1) is 10.2. The lowest BCUT2D eigenvalue weighted by Gasteiger charge is -2.36. The Hall–Kier alpha value is -1.19. The van der Waals surface area contributed by atoms with Crippen molar-refractivity contribution < 1.29 is 9.84 Å². The van der Waals surface area contributed by atoms with Crippen molar-refractivity contribution in [2.75, 3.05) is 7.11 Å². The van der Waals surface area contributed by atoms with Crippen molar-refractivity contribution >= 4 is 22.5 Å². The van der Waals surface area contributed by atoms with E-state index < -0.39 is 5.60 Å². The van der Waals surface area contributed by atoms with Crippen LogP contribution < -0.4 is 4.74 Å². The summed E-state index contributed by atoms with van der Waals surface area (Å²) in [5.74, 6) is 0.876. The molecule has 2 aromatic rings. The van der Waals surface area contributed by atoms with Crippen molar-refractivity contribution in [1.82, 2.24) is 0 Å². The lowest BCUT2D eigenvalue weighted by Crippen LogP contribution is -2.34. The van der Waals surface area contributed by atoms with Gasteiger partial charge < -0.3 is 9.84 Å². The van der Waals surface area contributed by atoms with Gasteiger partial charge in [-0.1, -0.05) is 18.2 Å². The van der Waals surface area contributed by atoms with Crippen LogP contribution in [0.15, 0.2) is 36.4 Å². The summed E-state index contributed by atoms with van der Waals surface area (Å²) in [6.07, 6.45) is 4.33. The van der Waals surface area contributed by atoms with E-state index in [2.05, 4.69) is 36.0 Å². The zero-order chi connectivity index (χ0) is 14.4. The first kappa shape index (κ1) is 13.5. The van der Waals surface area contributed by atoms with Gasteiger partial charge in [0.1, 0.15) is 5.75 Å². The molecule has 2 bridgehead atoms. The Bertz CT molecular complexity index is 670. The predicted molar refractivity (Wildman–Crippen MR) is 88.0 cm³/mol. The van der Waals surface area contributed by atoms with E-state index in [1.165, 1.54) is 18.2 Å². The van der Waals surface area contributed by atoms with E-state index in [1.54, 1.807) is 7.11 Å². The van der Waals surface area contributed by atoms with Crippen molar-refractivity contribution in [3.8, 4) is 5.75 Å². The topological polar surface area (TPSA) is 29.5 Å². The summed E-state index contributed by atoms with van der Waals surface area (Å²) in [4.78, 5) is 0. The van der Waals surface area contributed by atoms with Gasteiger partial charge in [0.2, 0.25) is 0 Å². The van der Waals surface area contributed by atoms with E-state index in [1.807, 2.05) is 12.1 Å². The standard InChI is InChI=1S/C18H20O2S/c1-20-15-5-3-12-8-14(4-2-13(12)9-15)18(19)10-16-6-7-17(11-18)21-16/h2-5,8-9,16-17,19H,6-7,10-11H2,1H3. The fourth-order valence-electron chi connectivity index (χ4n) is 3.79. The third-order valence-electron chi connectivity index (χ3n) is 4.91. The second-order valence-electron chi connectivity index (χ2n) is 6.33. The third-order valence-corrected chi connectivity index (χ3v) is 6.49. The maximum atomic E-state index is 11.1. The smallest absolute Gasteiger partial charge is 0.119 e. The van der Waals surface area contributed by atoms with Crippen LogP contribution in [0.2, 0.25) is 0 Å². The Morgan fingerprint density at radius 3 is 2.43 bits per heavy atom. The second kappa shape index (κ2) is 4.92. The average Bonchev–Trinajstić information content (AvgIpc) is 2.85. The van der Waals surface area contributed by atoms with Crippen molar-refractivity contribution in [3.63, 3.8) is 0 Å². The van der Waals surface area contributed by atoms with Crippen molar-refractivity contribution in [2.45, 2.75) is 41.8 Å². The maximum absolute atomic E-state index is 11.1. The number of hydrogen-bond donors (Lipinski definition) is 1. The molecule has 2 saturated heterocycles. The van der Waals surface area contributed by atoms with Crippen LogP contribution in [0.3, 0.4) is 0 Å². The molecule has 0 aliphatic carbocycles. The lowest BCUT2D eigenvalue weighted by atomic mass is 9.85. The Balaban J connectivity index is 1.73. The number of fused-ring (bicyclic) bond motifs is 3. The molecule has 0 aromatic heterocycles. The molecule has 1 N–H and O–H groups in total. The van der Waals surface area contributed by atoms with Crippen LogP contribution in [0, 0.1) is 0 Å². The summed E-state index contributed by atoms with van der Waals surface area (Å²) in [7, 11) is 1.69. The highest BCUT2D eigenvalue weighted by atomic mass is 32.2. The van der Waals surface area contributed by atoms with Crippen LogP contribution in [0.1, 0.15) is 31.2 Å². The van der Waals surface area contributed by atoms with Crippen molar-refractivity contribution in [1.29, 1.82) is 0 Å². The highest BCUT2D eigenvalue weighted by Gasteiger charge is 2.44. The quantitative estimate of drug-likeness (QED) is 0.905. The van der Waals surface area contributed by atoms with E-state index in [-0.39, 0.29) is 0 Å². The van der Waals surface area contributed by atoms with Gasteiger partial charge in [-0.25, -0.2) is 0 Å². The van der Waals surface area contributed by atoms with E-state index in [0.29, 0.717) is 10.5 Å². The summed E-state index contributed by atoms with van der Waals surface area (Å²) < 4.78 is 5.27. The fraction of sp³-hybridized carbons (Fsp3) is 0.444. The Labute approximate surface area is 129 Å². The van der Waals surface area contributed by atoms with Gasteiger partial charge >= 0.3 is 0 Å². The van der Waals surface area contributed by atoms with Gasteiger partial charge in [0.25, 0.3) is 0 Å². The molecular formula is C18H20O2S. The number of aliphatic hydroxyl groups is 1. The minimum absolute atomic E-state index is 0.634. The summed E-state index contributed by atoms with van der Waals surface area (Å²) in [6.45, 7) is 0. The Morgan fingerprint density at radius 2 is 1.71 bits per heavy atom. The van der Waals surface area contributed by atoms with E-state index in [9.17, 15) is 5.11 Å². The van der Waals surface area contributed by atoms with Gasteiger partial charge in [-0.2, -0.15) is 11.8 Å². The Morgan fingerprint density at radius 1 is 1.05 bits per heavy atom. The lowest BCUT2D eigenvalue weighted by molar-refractivity contribution is 0.0198. The van der Waals surface area contributed by atoms with Crippen molar-refractivity contribution in [3.05, 3.63) is 42.0 Å². The first-order valence-electron chi connectivity index (χ1n) is 7.62. The number of hydrogen-bond acceptors (Lipinski definition) is 3. The van der Waals surface area contributed by atoms with Crippen LogP contribution in [-0.2, 0) is 5.60 Å². The molecule has 3 heteroatoms. The monoisotopic (exact) mass is 300 g/mol. The highest BCUT2D eigenvalue weighted by Crippen LogP contribution is 2.51. The zero-order valence-electron chi connectivity index (χ0n) is 12.2. The first-order valence-corrected chi connectivity index (χ1v) is 8.57. The average molecular weight is 300 g/mol. The van der Waals surface area contributed by atoms with Gasteiger partial charge in [-0.3, -0.25) is 0 Å². The molecule has 2 aromatic carbocycles. The molecule has 4 rings (SSSR count). The van der Waals surface area contributed by atoms with Crippen LogP contribution in [0.4, 0.5) is 0 Å². The summed E-state index contributed by atoms with van der Waals surface area (Å²) in [6, 6.07) is 12.5. The maximum Gasteiger partial charge on any atom is 0.119 e. The number of thioether (sulfide) groups is 1. The molecule has 2 aliphatic rings. The molecule has 0 saturated carbocycles. The molecule has 0 amide bonds. The molecule has 2 nitrogen and oxygen atoms in total. The summed E-state index contributed by atoms with van der Waals surface area (Å²) in [5.41, 5.74) is 0.447. The molecule has 2 aliphatic heterocycles.